The van der Waals surface area contributed by atoms with Gasteiger partial charge in [-0.3, -0.25) is 4.79 Å². The van der Waals surface area contributed by atoms with Crippen molar-refractivity contribution in [2.75, 3.05) is 0 Å². The van der Waals surface area contributed by atoms with E-state index in [4.69, 9.17) is 9.26 Å². The number of nitrogens with zero attached hydrogens (tertiary/aromatic N) is 1. The Labute approximate surface area is 173 Å². The molecule has 0 bridgehead atoms. The molecule has 8 heteroatoms. The van der Waals surface area contributed by atoms with Gasteiger partial charge in [0.15, 0.2) is 0 Å². The molecule has 152 valence electrons. The number of carbonyl (C=O) groups excluding carboxylic acids is 1. The molecule has 0 saturated carbocycles. The minimum atomic E-state index is -0.179. The fourth-order valence-corrected chi connectivity index (χ4v) is 4.29. The van der Waals surface area contributed by atoms with E-state index in [9.17, 15) is 4.79 Å². The fourth-order valence-electron chi connectivity index (χ4n) is 3.35. The molecule has 3 heterocycles. The van der Waals surface area contributed by atoms with E-state index < -0.39 is 0 Å². The summed E-state index contributed by atoms with van der Waals surface area (Å²) < 4.78 is 11.1. The van der Waals surface area contributed by atoms with Crippen LogP contribution in [0.4, 0.5) is 0 Å². The lowest BCUT2D eigenvalue weighted by molar-refractivity contribution is 0.0927. The Morgan fingerprint density at radius 3 is 2.79 bits per heavy atom. The van der Waals surface area contributed by atoms with Gasteiger partial charge in [-0.25, -0.2) is 10.9 Å². The van der Waals surface area contributed by atoms with Crippen LogP contribution in [-0.4, -0.2) is 17.2 Å². The zero-order valence-electron chi connectivity index (χ0n) is 16.6. The second kappa shape index (κ2) is 8.36. The predicted molar refractivity (Wildman–Crippen MR) is 111 cm³/mol. The van der Waals surface area contributed by atoms with E-state index in [2.05, 4.69) is 40.4 Å². The van der Waals surface area contributed by atoms with Crippen LogP contribution < -0.4 is 20.9 Å². The van der Waals surface area contributed by atoms with E-state index >= 15 is 0 Å². The number of rotatable bonds is 6. The van der Waals surface area contributed by atoms with Crippen LogP contribution in [0.25, 0.3) is 0 Å². The summed E-state index contributed by atoms with van der Waals surface area (Å²) in [5.74, 6) is 1.07. The van der Waals surface area contributed by atoms with E-state index in [-0.39, 0.29) is 18.1 Å². The second-order valence-corrected chi connectivity index (χ2v) is 8.46. The summed E-state index contributed by atoms with van der Waals surface area (Å²) >= 11 is 1.76. The van der Waals surface area contributed by atoms with Crippen molar-refractivity contribution in [3.8, 4) is 5.75 Å². The maximum atomic E-state index is 12.9. The zero-order chi connectivity index (χ0) is 20.4. The molecule has 1 saturated heterocycles. The number of thiophene rings is 1. The fraction of sp³-hybridized carbons (Fsp3) is 0.333. The van der Waals surface area contributed by atoms with Crippen molar-refractivity contribution < 1.29 is 14.1 Å². The Balaban J connectivity index is 1.40. The minimum Gasteiger partial charge on any atom is -0.488 e. The Bertz CT molecular complexity index is 994. The number of benzene rings is 1. The van der Waals surface area contributed by atoms with Crippen LogP contribution in [0.2, 0.25) is 0 Å². The van der Waals surface area contributed by atoms with Crippen LogP contribution in [0.3, 0.4) is 0 Å². The molecule has 1 aliphatic heterocycles. The lowest BCUT2D eigenvalue weighted by atomic mass is 10.1. The number of nitrogens with one attached hydrogen (secondary N) is 3. The molecule has 3 N–H and O–H groups in total. The number of aryl methyl sites for hydroxylation is 3. The number of hydrogen-bond acceptors (Lipinski definition) is 7. The molecule has 2 atom stereocenters. The smallest absolute Gasteiger partial charge is 0.256 e. The zero-order valence-corrected chi connectivity index (χ0v) is 17.4. The second-order valence-electron chi connectivity index (χ2n) is 7.14. The highest BCUT2D eigenvalue weighted by atomic mass is 32.1. The normalized spacial score (nSPS) is 18.7. The highest BCUT2D eigenvalue weighted by molar-refractivity contribution is 7.12. The Morgan fingerprint density at radius 1 is 1.24 bits per heavy atom. The number of ether oxygens (including phenoxy) is 1. The molecule has 4 rings (SSSR count). The Morgan fingerprint density at radius 2 is 2.07 bits per heavy atom. The molecule has 7 nitrogen and oxygen atoms in total. The topological polar surface area (TPSA) is 88.4 Å². The SMILES string of the molecule is Cc1ccc(C2CC(NC(=O)c3ccccc3OCc3c(C)noc3C)NN2)s1. The van der Waals surface area contributed by atoms with Gasteiger partial charge < -0.3 is 14.6 Å². The number of carbonyl (C=O) groups is 1. The number of aromatic nitrogens is 1. The summed E-state index contributed by atoms with van der Waals surface area (Å²) in [7, 11) is 0. The first-order chi connectivity index (χ1) is 14.0. The molecule has 3 aromatic rings. The van der Waals surface area contributed by atoms with Crippen LogP contribution in [-0.2, 0) is 6.61 Å². The molecule has 1 aliphatic rings. The van der Waals surface area contributed by atoms with Gasteiger partial charge in [0, 0.05) is 16.2 Å². The third-order valence-corrected chi connectivity index (χ3v) is 6.11. The Kier molecular flexibility index (Phi) is 5.66. The average molecular weight is 413 g/mol. The largest absolute Gasteiger partial charge is 0.488 e. The summed E-state index contributed by atoms with van der Waals surface area (Å²) in [5.41, 5.74) is 8.62. The molecule has 1 aromatic carbocycles. The lowest BCUT2D eigenvalue weighted by Gasteiger charge is -2.15. The van der Waals surface area contributed by atoms with Gasteiger partial charge in [0.1, 0.15) is 18.1 Å². The van der Waals surface area contributed by atoms with Crippen molar-refractivity contribution in [3.63, 3.8) is 0 Å². The first kappa shape index (κ1) is 19.6. The predicted octanol–water partition coefficient (Wildman–Crippen LogP) is 3.54. The first-order valence-electron chi connectivity index (χ1n) is 9.53. The van der Waals surface area contributed by atoms with Crippen molar-refractivity contribution in [1.82, 2.24) is 21.3 Å². The quantitative estimate of drug-likeness (QED) is 0.574. The van der Waals surface area contributed by atoms with Crippen LogP contribution >= 0.6 is 11.3 Å². The van der Waals surface area contributed by atoms with Crippen LogP contribution in [0.5, 0.6) is 5.75 Å². The third kappa shape index (κ3) is 4.34. The van der Waals surface area contributed by atoms with Crippen molar-refractivity contribution >= 4 is 17.2 Å². The van der Waals surface area contributed by atoms with Crippen molar-refractivity contribution in [3.05, 3.63) is 68.7 Å². The van der Waals surface area contributed by atoms with Gasteiger partial charge in [-0.2, -0.15) is 0 Å². The average Bonchev–Trinajstić information content (AvgIpc) is 3.42. The van der Waals surface area contributed by atoms with Gasteiger partial charge in [0.2, 0.25) is 0 Å². The summed E-state index contributed by atoms with van der Waals surface area (Å²) in [6, 6.07) is 11.7. The number of hydrazine groups is 1. The molecule has 0 aliphatic carbocycles. The molecular formula is C21H24N4O3S. The van der Waals surface area contributed by atoms with Crippen molar-refractivity contribution in [2.45, 2.75) is 46.0 Å². The molecule has 2 unspecified atom stereocenters. The molecule has 1 fully saturated rings. The van der Waals surface area contributed by atoms with Crippen LogP contribution in [0, 0.1) is 20.8 Å². The maximum Gasteiger partial charge on any atom is 0.256 e. The summed E-state index contributed by atoms with van der Waals surface area (Å²) in [6.45, 7) is 6.11. The highest BCUT2D eigenvalue weighted by Crippen LogP contribution is 2.28. The van der Waals surface area contributed by atoms with E-state index in [0.717, 1.165) is 23.4 Å². The van der Waals surface area contributed by atoms with Crippen molar-refractivity contribution in [1.29, 1.82) is 0 Å². The van der Waals surface area contributed by atoms with Crippen LogP contribution in [0.15, 0.2) is 40.9 Å². The number of para-hydroxylation sites is 1. The summed E-state index contributed by atoms with van der Waals surface area (Å²) in [5, 5.41) is 6.98. The van der Waals surface area contributed by atoms with Gasteiger partial charge in [-0.1, -0.05) is 17.3 Å². The molecular weight excluding hydrogens is 388 g/mol. The monoisotopic (exact) mass is 412 g/mol. The maximum absolute atomic E-state index is 12.9. The molecule has 2 aromatic heterocycles. The third-order valence-electron chi connectivity index (χ3n) is 5.00. The summed E-state index contributed by atoms with van der Waals surface area (Å²) in [6.07, 6.45) is 0.610. The number of hydrogen-bond donors (Lipinski definition) is 3. The molecule has 1 amide bonds. The van der Waals surface area contributed by atoms with Gasteiger partial charge in [-0.15, -0.1) is 11.3 Å². The highest BCUT2D eigenvalue weighted by Gasteiger charge is 2.28. The van der Waals surface area contributed by atoms with Gasteiger partial charge in [0.25, 0.3) is 5.91 Å². The van der Waals surface area contributed by atoms with E-state index in [1.54, 1.807) is 23.5 Å². The number of amides is 1. The standard InChI is InChI=1S/C21H24N4O3S/c1-12-8-9-19(29-12)17-10-20(24-23-17)22-21(26)15-6-4-5-7-18(15)27-11-16-13(2)25-28-14(16)3/h4-9,17,20,23-24H,10-11H2,1-3H3,(H,22,26). The Hall–Kier alpha value is -2.68. The van der Waals surface area contributed by atoms with Gasteiger partial charge >= 0.3 is 0 Å². The molecule has 0 spiro atoms. The lowest BCUT2D eigenvalue weighted by Crippen LogP contribution is -2.44. The molecule has 0 radical (unpaired) electrons. The van der Waals surface area contributed by atoms with Gasteiger partial charge in [-0.05, 0) is 45.0 Å². The van der Waals surface area contributed by atoms with Crippen molar-refractivity contribution in [2.24, 2.45) is 0 Å². The van der Waals surface area contributed by atoms with Crippen LogP contribution in [0.1, 0.15) is 49.6 Å². The minimum absolute atomic E-state index is 0.162. The molecule has 29 heavy (non-hydrogen) atoms. The van der Waals surface area contributed by atoms with E-state index in [1.165, 1.54) is 9.75 Å². The summed E-state index contributed by atoms with van der Waals surface area (Å²) in [4.78, 5) is 15.4. The first-order valence-corrected chi connectivity index (χ1v) is 10.3. The van der Waals surface area contributed by atoms with E-state index in [1.807, 2.05) is 26.0 Å². The van der Waals surface area contributed by atoms with E-state index in [0.29, 0.717) is 17.9 Å². The van der Waals surface area contributed by atoms with Gasteiger partial charge in [0.05, 0.1) is 29.0 Å².